The fourth-order valence-electron chi connectivity index (χ4n) is 2.55. The molecule has 0 radical (unpaired) electrons. The quantitative estimate of drug-likeness (QED) is 0.801. The van der Waals surface area contributed by atoms with Gasteiger partial charge in [0.1, 0.15) is 18.0 Å². The summed E-state index contributed by atoms with van der Waals surface area (Å²) in [6, 6.07) is 2.03. The molecule has 0 amide bonds. The van der Waals surface area contributed by atoms with Crippen LogP contribution in [0.4, 0.5) is 5.82 Å². The van der Waals surface area contributed by atoms with Crippen LogP contribution in [0.3, 0.4) is 0 Å². The standard InChI is InChI=1S/C15H22N6O/c1-21(9-15-16-3-4-17-15)6-5-18-14-8-13(19-11-20-14)12-2-7-22-10-12/h3-4,8,11-12H,2,5-7,9-10H2,1H3,(H,16,17)(H,18,19,20)/t12-/m0/s1. The van der Waals surface area contributed by atoms with Gasteiger partial charge in [0.2, 0.25) is 0 Å². The monoisotopic (exact) mass is 302 g/mol. The number of H-pyrrole nitrogens is 1. The highest BCUT2D eigenvalue weighted by Crippen LogP contribution is 2.24. The number of anilines is 1. The highest BCUT2D eigenvalue weighted by molar-refractivity contribution is 5.35. The summed E-state index contributed by atoms with van der Waals surface area (Å²) in [6.45, 7) is 4.14. The number of rotatable bonds is 7. The topological polar surface area (TPSA) is 79.0 Å². The smallest absolute Gasteiger partial charge is 0.129 e. The van der Waals surface area contributed by atoms with Gasteiger partial charge in [-0.2, -0.15) is 0 Å². The summed E-state index contributed by atoms with van der Waals surface area (Å²) in [4.78, 5) is 18.2. The van der Waals surface area contributed by atoms with Gasteiger partial charge in [-0.3, -0.25) is 4.90 Å². The normalized spacial score (nSPS) is 18.0. The maximum atomic E-state index is 5.42. The van der Waals surface area contributed by atoms with E-state index in [9.17, 15) is 0 Å². The molecule has 0 aromatic carbocycles. The van der Waals surface area contributed by atoms with E-state index in [0.717, 1.165) is 56.6 Å². The van der Waals surface area contributed by atoms with Crippen molar-refractivity contribution in [3.63, 3.8) is 0 Å². The molecule has 0 aliphatic carbocycles. The van der Waals surface area contributed by atoms with E-state index >= 15 is 0 Å². The lowest BCUT2D eigenvalue weighted by Crippen LogP contribution is -2.25. The second kappa shape index (κ2) is 7.33. The maximum Gasteiger partial charge on any atom is 0.129 e. The molecule has 0 bridgehead atoms. The van der Waals surface area contributed by atoms with Crippen molar-refractivity contribution in [1.82, 2.24) is 24.8 Å². The van der Waals surface area contributed by atoms with Crippen LogP contribution in [0, 0.1) is 0 Å². The summed E-state index contributed by atoms with van der Waals surface area (Å²) in [5.41, 5.74) is 1.07. The van der Waals surface area contributed by atoms with Crippen molar-refractivity contribution in [3.8, 4) is 0 Å². The van der Waals surface area contributed by atoms with Crippen LogP contribution in [0.15, 0.2) is 24.8 Å². The van der Waals surface area contributed by atoms with Crippen molar-refractivity contribution in [2.45, 2.75) is 18.9 Å². The zero-order valence-corrected chi connectivity index (χ0v) is 12.8. The lowest BCUT2D eigenvalue weighted by atomic mass is 10.1. The molecule has 2 aromatic heterocycles. The highest BCUT2D eigenvalue weighted by atomic mass is 16.5. The SMILES string of the molecule is CN(CCNc1cc([C@H]2CCOC2)ncn1)Cc1ncc[nH]1. The Morgan fingerprint density at radius 3 is 3.14 bits per heavy atom. The first-order valence-corrected chi connectivity index (χ1v) is 7.61. The van der Waals surface area contributed by atoms with Crippen LogP contribution in [0.5, 0.6) is 0 Å². The fraction of sp³-hybridized carbons (Fsp3) is 0.533. The minimum absolute atomic E-state index is 0.408. The molecule has 3 rings (SSSR count). The molecule has 7 nitrogen and oxygen atoms in total. The molecule has 1 fully saturated rings. The van der Waals surface area contributed by atoms with Crippen LogP contribution in [-0.4, -0.2) is 58.2 Å². The number of ether oxygens (including phenoxy) is 1. The van der Waals surface area contributed by atoms with E-state index in [4.69, 9.17) is 4.74 Å². The Morgan fingerprint density at radius 2 is 2.36 bits per heavy atom. The number of hydrogen-bond donors (Lipinski definition) is 2. The van der Waals surface area contributed by atoms with E-state index < -0.39 is 0 Å². The van der Waals surface area contributed by atoms with Gasteiger partial charge in [-0.15, -0.1) is 0 Å². The predicted molar refractivity (Wildman–Crippen MR) is 83.6 cm³/mol. The second-order valence-electron chi connectivity index (χ2n) is 5.59. The Kier molecular flexibility index (Phi) is 4.97. The summed E-state index contributed by atoms with van der Waals surface area (Å²) >= 11 is 0. The lowest BCUT2D eigenvalue weighted by Gasteiger charge is -2.16. The minimum Gasteiger partial charge on any atom is -0.381 e. The first-order chi connectivity index (χ1) is 10.8. The van der Waals surface area contributed by atoms with Gasteiger partial charge in [0.25, 0.3) is 0 Å². The Morgan fingerprint density at radius 1 is 1.41 bits per heavy atom. The number of likely N-dealkylation sites (N-methyl/N-ethyl adjacent to an activating group) is 1. The van der Waals surface area contributed by atoms with E-state index in [0.29, 0.717) is 5.92 Å². The summed E-state index contributed by atoms with van der Waals surface area (Å²) in [5, 5.41) is 3.35. The van der Waals surface area contributed by atoms with Gasteiger partial charge >= 0.3 is 0 Å². The Labute approximate surface area is 130 Å². The average molecular weight is 302 g/mol. The van der Waals surface area contributed by atoms with Crippen LogP contribution >= 0.6 is 0 Å². The molecular formula is C15H22N6O. The van der Waals surface area contributed by atoms with Crippen molar-refractivity contribution >= 4 is 5.82 Å². The van der Waals surface area contributed by atoms with Crippen LogP contribution in [0.1, 0.15) is 23.9 Å². The third-order valence-electron chi connectivity index (χ3n) is 3.81. The van der Waals surface area contributed by atoms with E-state index in [1.807, 2.05) is 12.3 Å². The van der Waals surface area contributed by atoms with Crippen LogP contribution in [-0.2, 0) is 11.3 Å². The number of aromatic amines is 1. The third-order valence-corrected chi connectivity index (χ3v) is 3.81. The summed E-state index contributed by atoms with van der Waals surface area (Å²) in [5.74, 6) is 2.27. The van der Waals surface area contributed by atoms with Gasteiger partial charge in [0, 0.05) is 44.1 Å². The van der Waals surface area contributed by atoms with E-state index in [-0.39, 0.29) is 0 Å². The van der Waals surface area contributed by atoms with Gasteiger partial charge in [-0.25, -0.2) is 15.0 Å². The molecule has 1 saturated heterocycles. The first-order valence-electron chi connectivity index (χ1n) is 7.61. The third kappa shape index (κ3) is 4.02. The van der Waals surface area contributed by atoms with Crippen molar-refractivity contribution < 1.29 is 4.74 Å². The van der Waals surface area contributed by atoms with Crippen LogP contribution < -0.4 is 5.32 Å². The van der Waals surface area contributed by atoms with Gasteiger partial charge < -0.3 is 15.0 Å². The van der Waals surface area contributed by atoms with Gasteiger partial charge in [-0.1, -0.05) is 0 Å². The molecular weight excluding hydrogens is 280 g/mol. The molecule has 0 unspecified atom stereocenters. The average Bonchev–Trinajstić information content (AvgIpc) is 3.21. The zero-order valence-electron chi connectivity index (χ0n) is 12.8. The first kappa shape index (κ1) is 14.9. The van der Waals surface area contributed by atoms with Crippen molar-refractivity contribution in [1.29, 1.82) is 0 Å². The summed E-state index contributed by atoms with van der Waals surface area (Å²) in [7, 11) is 2.07. The number of imidazole rings is 1. The van der Waals surface area contributed by atoms with E-state index in [1.54, 1.807) is 12.5 Å². The highest BCUT2D eigenvalue weighted by Gasteiger charge is 2.19. The molecule has 2 N–H and O–H groups in total. The Hall–Kier alpha value is -1.99. The molecule has 0 saturated carbocycles. The van der Waals surface area contributed by atoms with Crippen molar-refractivity contribution in [3.05, 3.63) is 36.3 Å². The second-order valence-corrected chi connectivity index (χ2v) is 5.59. The molecule has 1 aliphatic rings. The number of aromatic nitrogens is 4. The predicted octanol–water partition coefficient (Wildman–Crippen LogP) is 1.25. The van der Waals surface area contributed by atoms with Crippen molar-refractivity contribution in [2.24, 2.45) is 0 Å². The molecule has 0 spiro atoms. The minimum atomic E-state index is 0.408. The van der Waals surface area contributed by atoms with Crippen molar-refractivity contribution in [2.75, 3.05) is 38.7 Å². The number of nitrogens with one attached hydrogen (secondary N) is 2. The van der Waals surface area contributed by atoms with E-state index in [2.05, 4.69) is 37.2 Å². The molecule has 7 heteroatoms. The largest absolute Gasteiger partial charge is 0.381 e. The molecule has 118 valence electrons. The summed E-state index contributed by atoms with van der Waals surface area (Å²) in [6.07, 6.45) is 6.29. The van der Waals surface area contributed by atoms with Gasteiger partial charge in [-0.05, 0) is 13.5 Å². The molecule has 22 heavy (non-hydrogen) atoms. The Balaban J connectivity index is 1.46. The number of hydrogen-bond acceptors (Lipinski definition) is 6. The maximum absolute atomic E-state index is 5.42. The van der Waals surface area contributed by atoms with Gasteiger partial charge in [0.15, 0.2) is 0 Å². The summed E-state index contributed by atoms with van der Waals surface area (Å²) < 4.78 is 5.42. The van der Waals surface area contributed by atoms with Crippen LogP contribution in [0.2, 0.25) is 0 Å². The molecule has 3 heterocycles. The molecule has 2 aromatic rings. The molecule has 1 aliphatic heterocycles. The number of nitrogens with zero attached hydrogens (tertiary/aromatic N) is 4. The molecule has 1 atom stereocenters. The van der Waals surface area contributed by atoms with Crippen LogP contribution in [0.25, 0.3) is 0 Å². The zero-order chi connectivity index (χ0) is 15.2. The fourth-order valence-corrected chi connectivity index (χ4v) is 2.55. The van der Waals surface area contributed by atoms with Gasteiger partial charge in [0.05, 0.1) is 18.8 Å². The Bertz CT molecular complexity index is 567. The lowest BCUT2D eigenvalue weighted by molar-refractivity contribution is 0.193. The van der Waals surface area contributed by atoms with E-state index in [1.165, 1.54) is 0 Å².